The van der Waals surface area contributed by atoms with E-state index in [1.165, 1.54) is 0 Å². The average Bonchev–Trinajstić information content (AvgIpc) is 2.65. The first-order valence-electron chi connectivity index (χ1n) is 4.79. The van der Waals surface area contributed by atoms with E-state index in [4.69, 9.17) is 10.2 Å². The zero-order valence-electron chi connectivity index (χ0n) is 9.02. The summed E-state index contributed by atoms with van der Waals surface area (Å²) in [6.07, 6.45) is 0. The summed E-state index contributed by atoms with van der Waals surface area (Å²) in [6, 6.07) is 5.27. The molecule has 82 valence electrons. The summed E-state index contributed by atoms with van der Waals surface area (Å²) < 4.78 is 5.27. The zero-order valence-corrected chi connectivity index (χ0v) is 9.02. The van der Waals surface area contributed by atoms with Gasteiger partial charge in [-0.3, -0.25) is 4.79 Å². The highest BCUT2D eigenvalue weighted by atomic mass is 16.4. The molecule has 16 heavy (non-hydrogen) atoms. The summed E-state index contributed by atoms with van der Waals surface area (Å²) in [5.74, 6) is 0.409. The monoisotopic (exact) mass is 217 g/mol. The van der Waals surface area contributed by atoms with Crippen molar-refractivity contribution in [3.05, 3.63) is 35.2 Å². The number of aryl methyl sites for hydroxylation is 2. The fraction of sp³-hybridized carbons (Fsp3) is 0.182. The second-order valence-corrected chi connectivity index (χ2v) is 3.52. The maximum Gasteiger partial charge on any atom is 0.248 e. The van der Waals surface area contributed by atoms with Gasteiger partial charge in [0.05, 0.1) is 0 Å². The standard InChI is InChI=1S/C11H11N3O2/c1-6-3-4-8(5-9(6)10(12)15)11-14-13-7(2)16-11/h3-5H,1-2H3,(H2,12,15). The van der Waals surface area contributed by atoms with Crippen molar-refractivity contribution in [3.8, 4) is 11.5 Å². The number of amides is 1. The number of rotatable bonds is 2. The molecule has 0 spiro atoms. The molecule has 0 unspecified atom stereocenters. The van der Waals surface area contributed by atoms with Gasteiger partial charge in [0.25, 0.3) is 0 Å². The van der Waals surface area contributed by atoms with E-state index < -0.39 is 5.91 Å². The van der Waals surface area contributed by atoms with Crippen LogP contribution in [0.3, 0.4) is 0 Å². The number of nitrogens with two attached hydrogens (primary N) is 1. The van der Waals surface area contributed by atoms with Gasteiger partial charge in [-0.05, 0) is 24.6 Å². The van der Waals surface area contributed by atoms with E-state index in [2.05, 4.69) is 10.2 Å². The third kappa shape index (κ3) is 1.79. The Hall–Kier alpha value is -2.17. The van der Waals surface area contributed by atoms with Crippen molar-refractivity contribution in [1.82, 2.24) is 10.2 Å². The lowest BCUT2D eigenvalue weighted by Gasteiger charge is -2.02. The van der Waals surface area contributed by atoms with Crippen LogP contribution in [0, 0.1) is 13.8 Å². The molecule has 0 aliphatic carbocycles. The quantitative estimate of drug-likeness (QED) is 0.825. The molecule has 0 atom stereocenters. The number of benzene rings is 1. The summed E-state index contributed by atoms with van der Waals surface area (Å²) in [5, 5.41) is 7.60. The summed E-state index contributed by atoms with van der Waals surface area (Å²) in [7, 11) is 0. The molecule has 0 aliphatic rings. The Kier molecular flexibility index (Phi) is 2.44. The largest absolute Gasteiger partial charge is 0.421 e. The molecule has 2 rings (SSSR count). The van der Waals surface area contributed by atoms with Crippen LogP contribution < -0.4 is 5.73 Å². The highest BCUT2D eigenvalue weighted by molar-refractivity contribution is 5.95. The molecule has 0 aliphatic heterocycles. The molecular weight excluding hydrogens is 206 g/mol. The van der Waals surface area contributed by atoms with Crippen LogP contribution in [0.5, 0.6) is 0 Å². The summed E-state index contributed by atoms with van der Waals surface area (Å²) >= 11 is 0. The van der Waals surface area contributed by atoms with Gasteiger partial charge in [-0.15, -0.1) is 10.2 Å². The molecule has 0 radical (unpaired) electrons. The van der Waals surface area contributed by atoms with Crippen molar-refractivity contribution in [2.24, 2.45) is 5.73 Å². The van der Waals surface area contributed by atoms with Crippen molar-refractivity contribution < 1.29 is 9.21 Å². The fourth-order valence-corrected chi connectivity index (χ4v) is 1.43. The smallest absolute Gasteiger partial charge is 0.248 e. The Labute approximate surface area is 92.3 Å². The predicted molar refractivity (Wildman–Crippen MR) is 57.7 cm³/mol. The third-order valence-corrected chi connectivity index (χ3v) is 2.28. The molecular formula is C11H11N3O2. The van der Waals surface area contributed by atoms with Gasteiger partial charge in [0.15, 0.2) is 0 Å². The Morgan fingerprint density at radius 3 is 2.62 bits per heavy atom. The second kappa shape index (κ2) is 3.77. The van der Waals surface area contributed by atoms with Crippen molar-refractivity contribution in [3.63, 3.8) is 0 Å². The van der Waals surface area contributed by atoms with E-state index in [1.54, 1.807) is 19.1 Å². The van der Waals surface area contributed by atoms with Crippen LogP contribution in [0.15, 0.2) is 22.6 Å². The lowest BCUT2D eigenvalue weighted by molar-refractivity contribution is 0.1000. The van der Waals surface area contributed by atoms with Gasteiger partial charge in [-0.1, -0.05) is 6.07 Å². The first-order chi connectivity index (χ1) is 7.58. The van der Waals surface area contributed by atoms with E-state index >= 15 is 0 Å². The van der Waals surface area contributed by atoms with E-state index in [1.807, 2.05) is 13.0 Å². The maximum atomic E-state index is 11.2. The summed E-state index contributed by atoms with van der Waals surface area (Å²) in [6.45, 7) is 3.53. The molecule has 2 aromatic rings. The molecule has 0 saturated heterocycles. The Morgan fingerprint density at radius 2 is 2.06 bits per heavy atom. The summed E-state index contributed by atoms with van der Waals surface area (Å²) in [5.41, 5.74) is 7.25. The molecule has 5 heteroatoms. The van der Waals surface area contributed by atoms with Gasteiger partial charge in [0, 0.05) is 18.1 Å². The Bertz CT molecular complexity index is 546. The first-order valence-corrected chi connectivity index (χ1v) is 4.79. The minimum Gasteiger partial charge on any atom is -0.421 e. The maximum absolute atomic E-state index is 11.2. The topological polar surface area (TPSA) is 82.0 Å². The number of hydrogen-bond donors (Lipinski definition) is 1. The van der Waals surface area contributed by atoms with Gasteiger partial charge >= 0.3 is 0 Å². The normalized spacial score (nSPS) is 10.4. The molecule has 1 amide bonds. The van der Waals surface area contributed by atoms with Crippen LogP contribution in [0.25, 0.3) is 11.5 Å². The average molecular weight is 217 g/mol. The molecule has 0 bridgehead atoms. The van der Waals surface area contributed by atoms with Crippen molar-refractivity contribution in [2.45, 2.75) is 13.8 Å². The van der Waals surface area contributed by atoms with Crippen LogP contribution in [-0.4, -0.2) is 16.1 Å². The fourth-order valence-electron chi connectivity index (χ4n) is 1.43. The van der Waals surface area contributed by atoms with E-state index in [9.17, 15) is 4.79 Å². The minimum atomic E-state index is -0.462. The van der Waals surface area contributed by atoms with Crippen LogP contribution in [-0.2, 0) is 0 Å². The Balaban J connectivity index is 2.51. The second-order valence-electron chi connectivity index (χ2n) is 3.52. The van der Waals surface area contributed by atoms with Crippen LogP contribution in [0.1, 0.15) is 21.8 Å². The van der Waals surface area contributed by atoms with Crippen molar-refractivity contribution >= 4 is 5.91 Å². The van der Waals surface area contributed by atoms with Crippen molar-refractivity contribution in [2.75, 3.05) is 0 Å². The van der Waals surface area contributed by atoms with E-state index in [0.29, 0.717) is 22.9 Å². The van der Waals surface area contributed by atoms with Gasteiger partial charge in [0.1, 0.15) is 0 Å². The molecule has 0 saturated carbocycles. The predicted octanol–water partition coefficient (Wildman–Crippen LogP) is 1.45. The molecule has 0 fully saturated rings. The van der Waals surface area contributed by atoms with E-state index in [0.717, 1.165) is 5.56 Å². The Morgan fingerprint density at radius 1 is 1.31 bits per heavy atom. The lowest BCUT2D eigenvalue weighted by atomic mass is 10.0. The SMILES string of the molecule is Cc1nnc(-c2ccc(C)c(C(N)=O)c2)o1. The number of hydrogen-bond acceptors (Lipinski definition) is 4. The molecule has 1 heterocycles. The third-order valence-electron chi connectivity index (χ3n) is 2.28. The highest BCUT2D eigenvalue weighted by Crippen LogP contribution is 2.20. The zero-order chi connectivity index (χ0) is 11.7. The number of nitrogens with zero attached hydrogens (tertiary/aromatic N) is 2. The molecule has 2 N–H and O–H groups in total. The summed E-state index contributed by atoms with van der Waals surface area (Å²) in [4.78, 5) is 11.2. The van der Waals surface area contributed by atoms with Gasteiger partial charge in [0.2, 0.25) is 17.7 Å². The van der Waals surface area contributed by atoms with Gasteiger partial charge in [-0.2, -0.15) is 0 Å². The van der Waals surface area contributed by atoms with Crippen LogP contribution in [0.4, 0.5) is 0 Å². The number of primary amides is 1. The lowest BCUT2D eigenvalue weighted by Crippen LogP contribution is -2.12. The van der Waals surface area contributed by atoms with Gasteiger partial charge in [-0.25, -0.2) is 0 Å². The number of aromatic nitrogens is 2. The number of carbonyl (C=O) groups excluding carboxylic acids is 1. The molecule has 5 nitrogen and oxygen atoms in total. The molecule has 1 aromatic carbocycles. The minimum absolute atomic E-state index is 0.389. The number of carbonyl (C=O) groups is 1. The molecule has 1 aromatic heterocycles. The first kappa shape index (κ1) is 10.4. The highest BCUT2D eigenvalue weighted by Gasteiger charge is 2.10. The van der Waals surface area contributed by atoms with Crippen molar-refractivity contribution in [1.29, 1.82) is 0 Å². The van der Waals surface area contributed by atoms with Crippen LogP contribution in [0.2, 0.25) is 0 Å². The van der Waals surface area contributed by atoms with Gasteiger partial charge < -0.3 is 10.2 Å². The van der Waals surface area contributed by atoms with E-state index in [-0.39, 0.29) is 0 Å². The van der Waals surface area contributed by atoms with Crippen LogP contribution >= 0.6 is 0 Å².